The van der Waals surface area contributed by atoms with E-state index in [1.807, 2.05) is 0 Å². The summed E-state index contributed by atoms with van der Waals surface area (Å²) in [5.41, 5.74) is 5.94. The SMILES string of the molecule is NCCC(C1CCC1)C1C2CC3CC(C2)CC1C3. The maximum Gasteiger partial charge on any atom is -0.00744 e. The van der Waals surface area contributed by atoms with Crippen molar-refractivity contribution < 1.29 is 0 Å². The minimum absolute atomic E-state index is 0.934. The van der Waals surface area contributed by atoms with Crippen LogP contribution in [-0.2, 0) is 0 Å². The third-order valence-electron chi connectivity index (χ3n) is 7.05. The Morgan fingerprint density at radius 1 is 0.889 bits per heavy atom. The molecule has 1 nitrogen and oxygen atoms in total. The van der Waals surface area contributed by atoms with Gasteiger partial charge in [0.15, 0.2) is 0 Å². The van der Waals surface area contributed by atoms with E-state index in [4.69, 9.17) is 5.73 Å². The van der Waals surface area contributed by atoms with Crippen LogP contribution in [-0.4, -0.2) is 6.54 Å². The van der Waals surface area contributed by atoms with Crippen LogP contribution in [0.2, 0.25) is 0 Å². The van der Waals surface area contributed by atoms with Crippen molar-refractivity contribution >= 4 is 0 Å². The molecule has 5 rings (SSSR count). The molecule has 0 aromatic heterocycles. The average Bonchev–Trinajstić information content (AvgIpc) is 2.25. The lowest BCUT2D eigenvalue weighted by Gasteiger charge is -2.58. The Kier molecular flexibility index (Phi) is 2.94. The van der Waals surface area contributed by atoms with E-state index in [1.165, 1.54) is 25.7 Å². The van der Waals surface area contributed by atoms with Gasteiger partial charge in [0.1, 0.15) is 0 Å². The largest absolute Gasteiger partial charge is 0.330 e. The van der Waals surface area contributed by atoms with E-state index in [0.29, 0.717) is 0 Å². The standard InChI is InChI=1S/C17H29N/c18-5-4-16(13-2-1-3-13)17-14-7-11-6-12(9-14)10-15(17)8-11/h11-17H,1-10,18H2. The van der Waals surface area contributed by atoms with E-state index < -0.39 is 0 Å². The van der Waals surface area contributed by atoms with Gasteiger partial charge in [-0.15, -0.1) is 0 Å². The molecule has 5 fully saturated rings. The molecule has 5 saturated carbocycles. The van der Waals surface area contributed by atoms with Crippen LogP contribution < -0.4 is 5.73 Å². The van der Waals surface area contributed by atoms with Crippen LogP contribution in [0.15, 0.2) is 0 Å². The Bertz CT molecular complexity index is 279. The van der Waals surface area contributed by atoms with Gasteiger partial charge in [-0.3, -0.25) is 0 Å². The highest BCUT2D eigenvalue weighted by molar-refractivity contribution is 5.01. The number of rotatable bonds is 4. The van der Waals surface area contributed by atoms with E-state index in [2.05, 4.69) is 0 Å². The fourth-order valence-electron chi connectivity index (χ4n) is 6.47. The lowest BCUT2D eigenvalue weighted by molar-refractivity contribution is -0.0819. The quantitative estimate of drug-likeness (QED) is 0.803. The predicted molar refractivity (Wildman–Crippen MR) is 75.0 cm³/mol. The maximum absolute atomic E-state index is 5.94. The summed E-state index contributed by atoms with van der Waals surface area (Å²) in [6.07, 6.45) is 13.8. The summed E-state index contributed by atoms with van der Waals surface area (Å²) in [6.45, 7) is 0.934. The first-order chi connectivity index (χ1) is 8.85. The van der Waals surface area contributed by atoms with Crippen LogP contribution in [0.4, 0.5) is 0 Å². The van der Waals surface area contributed by atoms with Crippen molar-refractivity contribution in [2.45, 2.75) is 57.8 Å². The van der Waals surface area contributed by atoms with Gasteiger partial charge in [-0.05, 0) is 86.5 Å². The lowest BCUT2D eigenvalue weighted by Crippen LogP contribution is -2.50. The summed E-state index contributed by atoms with van der Waals surface area (Å²) in [5, 5.41) is 0. The molecule has 0 aliphatic heterocycles. The minimum atomic E-state index is 0.934. The smallest absolute Gasteiger partial charge is 0.00744 e. The molecule has 0 spiro atoms. The first-order valence-corrected chi connectivity index (χ1v) is 8.55. The molecule has 0 heterocycles. The summed E-state index contributed by atoms with van der Waals surface area (Å²) in [4.78, 5) is 0. The van der Waals surface area contributed by atoms with Gasteiger partial charge in [0.05, 0.1) is 0 Å². The molecule has 4 bridgehead atoms. The van der Waals surface area contributed by atoms with Crippen molar-refractivity contribution in [1.82, 2.24) is 0 Å². The monoisotopic (exact) mass is 247 g/mol. The Labute approximate surface area is 112 Å². The highest BCUT2D eigenvalue weighted by Gasteiger charge is 2.51. The highest BCUT2D eigenvalue weighted by Crippen LogP contribution is 2.60. The van der Waals surface area contributed by atoms with Crippen molar-refractivity contribution in [3.05, 3.63) is 0 Å². The van der Waals surface area contributed by atoms with Crippen LogP contribution in [0.5, 0.6) is 0 Å². The molecule has 1 atom stereocenters. The van der Waals surface area contributed by atoms with E-state index >= 15 is 0 Å². The molecule has 1 heteroatoms. The van der Waals surface area contributed by atoms with Crippen LogP contribution in [0.3, 0.4) is 0 Å². The summed E-state index contributed by atoms with van der Waals surface area (Å²) in [5.74, 6) is 7.64. The van der Waals surface area contributed by atoms with Crippen LogP contribution in [0.1, 0.15) is 57.8 Å². The van der Waals surface area contributed by atoms with E-state index in [1.54, 1.807) is 32.1 Å². The van der Waals surface area contributed by atoms with Crippen LogP contribution >= 0.6 is 0 Å². The van der Waals surface area contributed by atoms with Gasteiger partial charge < -0.3 is 5.73 Å². The second-order valence-corrected chi connectivity index (χ2v) is 7.94. The third kappa shape index (κ3) is 1.77. The predicted octanol–water partition coefficient (Wildman–Crippen LogP) is 3.82. The van der Waals surface area contributed by atoms with E-state index in [-0.39, 0.29) is 0 Å². The molecule has 0 saturated heterocycles. The molecule has 2 N–H and O–H groups in total. The number of nitrogens with two attached hydrogens (primary N) is 1. The lowest BCUT2D eigenvalue weighted by atomic mass is 9.47. The van der Waals surface area contributed by atoms with Crippen molar-refractivity contribution in [1.29, 1.82) is 0 Å². The minimum Gasteiger partial charge on any atom is -0.330 e. The van der Waals surface area contributed by atoms with E-state index in [9.17, 15) is 0 Å². The summed E-state index contributed by atoms with van der Waals surface area (Å²) >= 11 is 0. The fourth-order valence-corrected chi connectivity index (χ4v) is 6.47. The number of hydrogen-bond acceptors (Lipinski definition) is 1. The molecule has 5 aliphatic rings. The molecule has 18 heavy (non-hydrogen) atoms. The van der Waals surface area contributed by atoms with Crippen molar-refractivity contribution in [3.8, 4) is 0 Å². The molecular formula is C17H29N. The molecule has 102 valence electrons. The molecule has 0 amide bonds. The number of hydrogen-bond donors (Lipinski definition) is 1. The second kappa shape index (κ2) is 4.51. The van der Waals surface area contributed by atoms with Crippen molar-refractivity contribution in [2.24, 2.45) is 47.2 Å². The summed E-state index contributed by atoms with van der Waals surface area (Å²) in [6, 6.07) is 0. The van der Waals surface area contributed by atoms with Crippen molar-refractivity contribution in [3.63, 3.8) is 0 Å². The van der Waals surface area contributed by atoms with Gasteiger partial charge in [-0.25, -0.2) is 0 Å². The second-order valence-electron chi connectivity index (χ2n) is 7.94. The van der Waals surface area contributed by atoms with E-state index in [0.717, 1.165) is 48.0 Å². The summed E-state index contributed by atoms with van der Waals surface area (Å²) in [7, 11) is 0. The van der Waals surface area contributed by atoms with Gasteiger partial charge >= 0.3 is 0 Å². The van der Waals surface area contributed by atoms with Gasteiger partial charge in [0, 0.05) is 0 Å². The van der Waals surface area contributed by atoms with Gasteiger partial charge in [0.25, 0.3) is 0 Å². The van der Waals surface area contributed by atoms with Gasteiger partial charge in [-0.2, -0.15) is 0 Å². The van der Waals surface area contributed by atoms with Gasteiger partial charge in [-0.1, -0.05) is 19.3 Å². The highest BCUT2D eigenvalue weighted by atomic mass is 14.6. The Morgan fingerprint density at radius 2 is 1.50 bits per heavy atom. The zero-order valence-corrected chi connectivity index (χ0v) is 11.7. The molecule has 0 aromatic carbocycles. The zero-order valence-electron chi connectivity index (χ0n) is 11.7. The first kappa shape index (κ1) is 11.8. The van der Waals surface area contributed by atoms with Gasteiger partial charge in [0.2, 0.25) is 0 Å². The normalized spacial score (nSPS) is 48.2. The Balaban J connectivity index is 1.54. The molecule has 0 aromatic rings. The topological polar surface area (TPSA) is 26.0 Å². The average molecular weight is 247 g/mol. The summed E-state index contributed by atoms with van der Waals surface area (Å²) < 4.78 is 0. The third-order valence-corrected chi connectivity index (χ3v) is 7.05. The molecule has 0 radical (unpaired) electrons. The van der Waals surface area contributed by atoms with Crippen molar-refractivity contribution in [2.75, 3.05) is 6.54 Å². The Morgan fingerprint density at radius 3 is 1.94 bits per heavy atom. The molecule has 5 aliphatic carbocycles. The van der Waals surface area contributed by atoms with Crippen LogP contribution in [0.25, 0.3) is 0 Å². The maximum atomic E-state index is 5.94. The molecular weight excluding hydrogens is 218 g/mol. The zero-order chi connectivity index (χ0) is 12.1. The van der Waals surface area contributed by atoms with Crippen LogP contribution in [0, 0.1) is 41.4 Å². The fraction of sp³-hybridized carbons (Fsp3) is 1.00. The Hall–Kier alpha value is -0.0400. The first-order valence-electron chi connectivity index (χ1n) is 8.55. The molecule has 1 unspecified atom stereocenters.